The number of phenolic OH excluding ortho intramolecular Hbond substituents is 1. The lowest BCUT2D eigenvalue weighted by molar-refractivity contribution is 0.276. The van der Waals surface area contributed by atoms with E-state index in [1.807, 2.05) is 12.1 Å². The van der Waals surface area contributed by atoms with Gasteiger partial charge in [0.05, 0.1) is 12.2 Å². The van der Waals surface area contributed by atoms with E-state index in [-0.39, 0.29) is 10.8 Å². The van der Waals surface area contributed by atoms with Crippen LogP contribution in [0, 0.1) is 11.3 Å². The van der Waals surface area contributed by atoms with E-state index < -0.39 is 8.32 Å². The maximum absolute atomic E-state index is 9.61. The molecule has 1 aromatic rings. The lowest BCUT2D eigenvalue weighted by Gasteiger charge is -2.36. The Labute approximate surface area is 110 Å². The van der Waals surface area contributed by atoms with E-state index in [0.29, 0.717) is 12.2 Å². The number of nitrogens with zero attached hydrogens (tertiary/aromatic N) is 1. The summed E-state index contributed by atoms with van der Waals surface area (Å²) in [6, 6.07) is 6.99. The summed E-state index contributed by atoms with van der Waals surface area (Å²) in [5.74, 6) is 0.0221. The standard InChI is InChI=1S/C14H21NO2Si/c1-14(2,3)18(4,5)17-10-11-6-7-12(9-15)13(16)8-11/h6-8,16H,10H2,1-5H3. The lowest BCUT2D eigenvalue weighted by atomic mass is 10.1. The van der Waals surface area contributed by atoms with Gasteiger partial charge in [0.1, 0.15) is 11.8 Å². The van der Waals surface area contributed by atoms with Crippen LogP contribution in [0.15, 0.2) is 18.2 Å². The van der Waals surface area contributed by atoms with Crippen LogP contribution in [-0.4, -0.2) is 13.4 Å². The molecule has 98 valence electrons. The van der Waals surface area contributed by atoms with E-state index in [2.05, 4.69) is 33.9 Å². The van der Waals surface area contributed by atoms with Gasteiger partial charge in [-0.2, -0.15) is 5.26 Å². The van der Waals surface area contributed by atoms with Gasteiger partial charge in [-0.15, -0.1) is 0 Å². The monoisotopic (exact) mass is 263 g/mol. The van der Waals surface area contributed by atoms with Crippen molar-refractivity contribution < 1.29 is 9.53 Å². The first-order valence-electron chi connectivity index (χ1n) is 6.03. The third kappa shape index (κ3) is 3.34. The van der Waals surface area contributed by atoms with Crippen molar-refractivity contribution in [3.8, 4) is 11.8 Å². The molecule has 0 aromatic heterocycles. The molecule has 0 saturated carbocycles. The summed E-state index contributed by atoms with van der Waals surface area (Å²) in [6.07, 6.45) is 0. The van der Waals surface area contributed by atoms with Crippen molar-refractivity contribution >= 4 is 8.32 Å². The summed E-state index contributed by atoms with van der Waals surface area (Å²) in [7, 11) is -1.77. The molecule has 1 aromatic carbocycles. The summed E-state index contributed by atoms with van der Waals surface area (Å²) >= 11 is 0. The van der Waals surface area contributed by atoms with E-state index in [1.165, 1.54) is 0 Å². The van der Waals surface area contributed by atoms with Crippen LogP contribution in [0.4, 0.5) is 0 Å². The summed E-state index contributed by atoms with van der Waals surface area (Å²) in [5.41, 5.74) is 1.20. The van der Waals surface area contributed by atoms with E-state index >= 15 is 0 Å². The fraction of sp³-hybridized carbons (Fsp3) is 0.500. The number of aromatic hydroxyl groups is 1. The van der Waals surface area contributed by atoms with Crippen LogP contribution >= 0.6 is 0 Å². The maximum Gasteiger partial charge on any atom is 0.192 e. The van der Waals surface area contributed by atoms with Gasteiger partial charge in [-0.25, -0.2) is 0 Å². The Hall–Kier alpha value is -1.31. The van der Waals surface area contributed by atoms with Crippen LogP contribution in [0.25, 0.3) is 0 Å². The molecular formula is C14H21NO2Si. The van der Waals surface area contributed by atoms with Crippen molar-refractivity contribution in [1.82, 2.24) is 0 Å². The molecule has 0 fully saturated rings. The Bertz CT molecular complexity index is 470. The molecule has 0 unspecified atom stereocenters. The van der Waals surface area contributed by atoms with Crippen LogP contribution in [-0.2, 0) is 11.0 Å². The van der Waals surface area contributed by atoms with Gasteiger partial charge in [0.15, 0.2) is 8.32 Å². The molecule has 0 heterocycles. The molecule has 0 radical (unpaired) electrons. The summed E-state index contributed by atoms with van der Waals surface area (Å²) in [5, 5.41) is 18.5. The van der Waals surface area contributed by atoms with E-state index in [1.54, 1.807) is 12.1 Å². The normalized spacial score (nSPS) is 12.2. The highest BCUT2D eigenvalue weighted by Crippen LogP contribution is 2.37. The molecule has 0 aliphatic carbocycles. The molecule has 0 aliphatic rings. The molecule has 1 rings (SSSR count). The second kappa shape index (κ2) is 5.13. The molecule has 1 N–H and O–H groups in total. The molecule has 0 atom stereocenters. The number of rotatable bonds is 3. The second-order valence-electron chi connectivity index (χ2n) is 6.01. The average Bonchev–Trinajstić information content (AvgIpc) is 2.25. The van der Waals surface area contributed by atoms with Crippen LogP contribution in [0.1, 0.15) is 31.9 Å². The van der Waals surface area contributed by atoms with Gasteiger partial charge >= 0.3 is 0 Å². The van der Waals surface area contributed by atoms with Crippen molar-refractivity contribution in [2.45, 2.75) is 45.5 Å². The Balaban J connectivity index is 2.77. The van der Waals surface area contributed by atoms with Gasteiger partial charge in [-0.3, -0.25) is 0 Å². The Morgan fingerprint density at radius 1 is 1.33 bits per heavy atom. The molecule has 3 nitrogen and oxygen atoms in total. The molecule has 0 spiro atoms. The highest BCUT2D eigenvalue weighted by atomic mass is 28.4. The zero-order valence-corrected chi connectivity index (χ0v) is 12.7. The minimum absolute atomic E-state index is 0.0221. The molecule has 0 saturated heterocycles. The highest BCUT2D eigenvalue weighted by Gasteiger charge is 2.36. The van der Waals surface area contributed by atoms with Crippen molar-refractivity contribution in [1.29, 1.82) is 5.26 Å². The molecule has 18 heavy (non-hydrogen) atoms. The largest absolute Gasteiger partial charge is 0.507 e. The van der Waals surface area contributed by atoms with Crippen molar-refractivity contribution in [3.05, 3.63) is 29.3 Å². The lowest BCUT2D eigenvalue weighted by Crippen LogP contribution is -2.40. The van der Waals surface area contributed by atoms with Gasteiger partial charge in [0, 0.05) is 0 Å². The number of benzene rings is 1. The summed E-state index contributed by atoms with van der Waals surface area (Å²) in [4.78, 5) is 0. The molecule has 0 bridgehead atoms. The quantitative estimate of drug-likeness (QED) is 0.844. The first-order chi connectivity index (χ1) is 8.17. The minimum Gasteiger partial charge on any atom is -0.507 e. The average molecular weight is 263 g/mol. The summed E-state index contributed by atoms with van der Waals surface area (Å²) in [6.45, 7) is 11.4. The number of phenols is 1. The smallest absolute Gasteiger partial charge is 0.192 e. The van der Waals surface area contributed by atoms with Crippen LogP contribution in [0.2, 0.25) is 18.1 Å². The predicted molar refractivity (Wildman–Crippen MR) is 74.8 cm³/mol. The van der Waals surface area contributed by atoms with Gasteiger partial charge in [-0.1, -0.05) is 26.8 Å². The topological polar surface area (TPSA) is 53.2 Å². The van der Waals surface area contributed by atoms with Crippen molar-refractivity contribution in [2.24, 2.45) is 0 Å². The SMILES string of the molecule is CC(C)(C)[Si](C)(C)OCc1ccc(C#N)c(O)c1. The Morgan fingerprint density at radius 3 is 2.39 bits per heavy atom. The second-order valence-corrected chi connectivity index (χ2v) is 10.8. The predicted octanol–water partition coefficient (Wildman–Crippen LogP) is 3.79. The Morgan fingerprint density at radius 2 is 1.94 bits per heavy atom. The fourth-order valence-electron chi connectivity index (χ4n) is 1.24. The summed E-state index contributed by atoms with van der Waals surface area (Å²) < 4.78 is 6.05. The van der Waals surface area contributed by atoms with Gasteiger partial charge in [0.2, 0.25) is 0 Å². The van der Waals surface area contributed by atoms with Crippen molar-refractivity contribution in [3.63, 3.8) is 0 Å². The first-order valence-corrected chi connectivity index (χ1v) is 8.94. The third-order valence-corrected chi connectivity index (χ3v) is 8.07. The fourth-order valence-corrected chi connectivity index (χ4v) is 2.20. The minimum atomic E-state index is -1.77. The molecule has 4 heteroatoms. The number of hydrogen-bond donors (Lipinski definition) is 1. The number of nitriles is 1. The van der Waals surface area contributed by atoms with E-state index in [0.717, 1.165) is 5.56 Å². The van der Waals surface area contributed by atoms with Gasteiger partial charge in [-0.05, 0) is 35.8 Å². The van der Waals surface area contributed by atoms with Crippen LogP contribution in [0.3, 0.4) is 0 Å². The van der Waals surface area contributed by atoms with E-state index in [9.17, 15) is 5.11 Å². The van der Waals surface area contributed by atoms with Crippen LogP contribution in [0.5, 0.6) is 5.75 Å². The Kier molecular flexibility index (Phi) is 4.20. The van der Waals surface area contributed by atoms with Gasteiger partial charge < -0.3 is 9.53 Å². The van der Waals surface area contributed by atoms with E-state index in [4.69, 9.17) is 9.69 Å². The maximum atomic E-state index is 9.61. The first kappa shape index (κ1) is 14.7. The third-order valence-electron chi connectivity index (χ3n) is 3.59. The molecular weight excluding hydrogens is 242 g/mol. The number of hydrogen-bond acceptors (Lipinski definition) is 3. The zero-order valence-electron chi connectivity index (χ0n) is 11.7. The molecule has 0 aliphatic heterocycles. The zero-order chi connectivity index (χ0) is 14.0. The molecule has 0 amide bonds. The highest BCUT2D eigenvalue weighted by molar-refractivity contribution is 6.74. The van der Waals surface area contributed by atoms with Crippen LogP contribution < -0.4 is 0 Å². The van der Waals surface area contributed by atoms with Crippen molar-refractivity contribution in [2.75, 3.05) is 0 Å². The van der Waals surface area contributed by atoms with Gasteiger partial charge in [0.25, 0.3) is 0 Å².